The van der Waals surface area contributed by atoms with E-state index in [1.807, 2.05) is 6.92 Å². The van der Waals surface area contributed by atoms with E-state index in [1.165, 1.54) is 12.1 Å². The third kappa shape index (κ3) is 2.80. The van der Waals surface area contributed by atoms with E-state index >= 15 is 0 Å². The molecule has 0 bridgehead atoms. The third-order valence-electron chi connectivity index (χ3n) is 1.89. The van der Waals surface area contributed by atoms with Crippen LogP contribution in [0.15, 0.2) is 24.3 Å². The molecule has 0 spiro atoms. The molecule has 0 amide bonds. The summed E-state index contributed by atoms with van der Waals surface area (Å²) < 4.78 is 4.88. The van der Waals surface area contributed by atoms with Gasteiger partial charge in [0.05, 0.1) is 17.7 Å². The lowest BCUT2D eigenvalue weighted by Gasteiger charge is -2.06. The molecule has 0 aliphatic carbocycles. The van der Waals surface area contributed by atoms with Crippen molar-refractivity contribution in [3.8, 4) is 0 Å². The largest absolute Gasteiger partial charge is 0.462 e. The van der Waals surface area contributed by atoms with Gasteiger partial charge in [0, 0.05) is 0 Å². The van der Waals surface area contributed by atoms with Crippen LogP contribution in [0.4, 0.5) is 0 Å². The maximum Gasteiger partial charge on any atom is 0.373 e. The van der Waals surface area contributed by atoms with Crippen LogP contribution in [0.2, 0.25) is 0 Å². The predicted molar refractivity (Wildman–Crippen MR) is 55.1 cm³/mol. The number of carbonyl (C=O) groups is 2. The average Bonchev–Trinajstić information content (AvgIpc) is 2.35. The third-order valence-corrected chi connectivity index (χ3v) is 1.89. The molecule has 0 saturated heterocycles. The predicted octanol–water partition coefficient (Wildman–Crippen LogP) is 1.88. The zero-order valence-electron chi connectivity index (χ0n) is 8.80. The van der Waals surface area contributed by atoms with Gasteiger partial charge in [0.1, 0.15) is 0 Å². The number of esters is 1. The molecule has 5 heteroatoms. The summed E-state index contributed by atoms with van der Waals surface area (Å²) >= 11 is 0. The Morgan fingerprint density at radius 1 is 1.19 bits per heavy atom. The number of benzene rings is 1. The van der Waals surface area contributed by atoms with Crippen molar-refractivity contribution in [1.29, 1.82) is 0 Å². The summed E-state index contributed by atoms with van der Waals surface area (Å²) in [6.07, 6.45) is 0.693. The minimum Gasteiger partial charge on any atom is -0.462 e. The maximum absolute atomic E-state index is 11.5. The van der Waals surface area contributed by atoms with Gasteiger partial charge in [-0.2, -0.15) is 5.26 Å². The molecule has 0 aromatic heterocycles. The minimum atomic E-state index is -0.982. The van der Waals surface area contributed by atoms with E-state index < -0.39 is 11.9 Å². The van der Waals surface area contributed by atoms with E-state index in [0.717, 1.165) is 0 Å². The van der Waals surface area contributed by atoms with Gasteiger partial charge >= 0.3 is 11.9 Å². The number of hydrogen-bond acceptors (Lipinski definition) is 5. The lowest BCUT2D eigenvalue weighted by atomic mass is 10.1. The average molecular weight is 224 g/mol. The zero-order valence-corrected chi connectivity index (χ0v) is 8.80. The van der Waals surface area contributed by atoms with E-state index in [1.54, 1.807) is 12.1 Å². The fourth-order valence-corrected chi connectivity index (χ4v) is 1.16. The van der Waals surface area contributed by atoms with Crippen LogP contribution in [0.5, 0.6) is 0 Å². The minimum absolute atomic E-state index is 0.0221. The molecule has 0 heterocycles. The quantitative estimate of drug-likeness (QED) is 0.480. The van der Waals surface area contributed by atoms with Crippen molar-refractivity contribution in [2.75, 3.05) is 6.61 Å². The highest BCUT2D eigenvalue weighted by Crippen LogP contribution is 2.11. The SMILES string of the molecule is CCCOC(=O)c1ccccc1C(=O)OO. The van der Waals surface area contributed by atoms with Crippen LogP contribution in [0.1, 0.15) is 34.1 Å². The summed E-state index contributed by atoms with van der Waals surface area (Å²) in [5, 5.41) is 8.27. The number of ether oxygens (including phenoxy) is 1. The second-order valence-corrected chi connectivity index (χ2v) is 3.06. The van der Waals surface area contributed by atoms with Gasteiger partial charge in [0.15, 0.2) is 0 Å². The molecular weight excluding hydrogens is 212 g/mol. The standard InChI is InChI=1S/C11H12O5/c1-2-7-15-10(12)8-5-3-4-6-9(8)11(13)16-14/h3-6,14H,2,7H2,1H3. The summed E-state index contributed by atoms with van der Waals surface area (Å²) in [6, 6.07) is 5.96. The Morgan fingerprint density at radius 2 is 1.75 bits per heavy atom. The Hall–Kier alpha value is -1.88. The molecule has 0 unspecified atom stereocenters. The molecule has 0 radical (unpaired) electrons. The van der Waals surface area contributed by atoms with E-state index in [9.17, 15) is 9.59 Å². The van der Waals surface area contributed by atoms with Crippen molar-refractivity contribution in [2.45, 2.75) is 13.3 Å². The smallest absolute Gasteiger partial charge is 0.373 e. The Kier molecular flexibility index (Phi) is 4.47. The molecular formula is C11H12O5. The van der Waals surface area contributed by atoms with Crippen LogP contribution in [-0.4, -0.2) is 23.8 Å². The molecule has 1 aromatic carbocycles. The van der Waals surface area contributed by atoms with E-state index in [2.05, 4.69) is 4.89 Å². The van der Waals surface area contributed by atoms with Crippen LogP contribution < -0.4 is 0 Å². The van der Waals surface area contributed by atoms with E-state index in [4.69, 9.17) is 9.99 Å². The van der Waals surface area contributed by atoms with Crippen LogP contribution >= 0.6 is 0 Å². The molecule has 0 fully saturated rings. The highest BCUT2D eigenvalue weighted by molar-refractivity contribution is 6.02. The van der Waals surface area contributed by atoms with Crippen molar-refractivity contribution < 1.29 is 24.5 Å². The van der Waals surface area contributed by atoms with Gasteiger partial charge in [-0.05, 0) is 18.6 Å². The van der Waals surface area contributed by atoms with Gasteiger partial charge < -0.3 is 4.74 Å². The zero-order chi connectivity index (χ0) is 12.0. The topological polar surface area (TPSA) is 72.8 Å². The molecule has 0 aliphatic heterocycles. The van der Waals surface area contributed by atoms with Crippen molar-refractivity contribution in [3.63, 3.8) is 0 Å². The summed E-state index contributed by atoms with van der Waals surface area (Å²) in [7, 11) is 0. The molecule has 1 rings (SSSR count). The first-order valence-corrected chi connectivity index (χ1v) is 4.82. The van der Waals surface area contributed by atoms with Crippen LogP contribution in [0.3, 0.4) is 0 Å². The van der Waals surface area contributed by atoms with Crippen LogP contribution in [0.25, 0.3) is 0 Å². The van der Waals surface area contributed by atoms with E-state index in [0.29, 0.717) is 6.42 Å². The Morgan fingerprint density at radius 3 is 2.25 bits per heavy atom. The molecule has 0 aliphatic rings. The second kappa shape index (κ2) is 5.87. The molecule has 5 nitrogen and oxygen atoms in total. The lowest BCUT2D eigenvalue weighted by molar-refractivity contribution is -0.182. The first kappa shape index (κ1) is 12.2. The van der Waals surface area contributed by atoms with Crippen molar-refractivity contribution in [3.05, 3.63) is 35.4 Å². The molecule has 0 atom stereocenters. The Balaban J connectivity index is 2.94. The summed E-state index contributed by atoms with van der Waals surface area (Å²) in [4.78, 5) is 26.3. The lowest BCUT2D eigenvalue weighted by Crippen LogP contribution is -2.13. The van der Waals surface area contributed by atoms with Crippen molar-refractivity contribution in [2.24, 2.45) is 0 Å². The monoisotopic (exact) mass is 224 g/mol. The molecule has 86 valence electrons. The van der Waals surface area contributed by atoms with Gasteiger partial charge in [0.25, 0.3) is 0 Å². The summed E-state index contributed by atoms with van der Waals surface area (Å²) in [5.74, 6) is -1.59. The van der Waals surface area contributed by atoms with E-state index in [-0.39, 0.29) is 17.7 Å². The van der Waals surface area contributed by atoms with Crippen LogP contribution in [-0.2, 0) is 9.62 Å². The maximum atomic E-state index is 11.5. The second-order valence-electron chi connectivity index (χ2n) is 3.06. The number of rotatable bonds is 4. The normalized spacial score (nSPS) is 9.62. The van der Waals surface area contributed by atoms with Crippen molar-refractivity contribution >= 4 is 11.9 Å². The molecule has 1 aromatic rings. The van der Waals surface area contributed by atoms with Gasteiger partial charge in [-0.1, -0.05) is 19.1 Å². The summed E-state index contributed by atoms with van der Waals surface area (Å²) in [5.41, 5.74) is 0.0566. The highest BCUT2D eigenvalue weighted by Gasteiger charge is 2.18. The van der Waals surface area contributed by atoms with Gasteiger partial charge in [0.2, 0.25) is 0 Å². The van der Waals surface area contributed by atoms with Gasteiger partial charge in [-0.15, -0.1) is 0 Å². The first-order chi connectivity index (χ1) is 7.70. The fourth-order valence-electron chi connectivity index (χ4n) is 1.16. The number of hydrogen-bond donors (Lipinski definition) is 1. The number of carbonyl (C=O) groups excluding carboxylic acids is 2. The Labute approximate surface area is 92.5 Å². The highest BCUT2D eigenvalue weighted by atomic mass is 17.1. The Bertz CT molecular complexity index is 386. The fraction of sp³-hybridized carbons (Fsp3) is 0.273. The van der Waals surface area contributed by atoms with Gasteiger partial charge in [-0.25, -0.2) is 9.59 Å². The molecule has 16 heavy (non-hydrogen) atoms. The first-order valence-electron chi connectivity index (χ1n) is 4.82. The molecule has 1 N–H and O–H groups in total. The van der Waals surface area contributed by atoms with Gasteiger partial charge in [-0.3, -0.25) is 4.89 Å². The summed E-state index contributed by atoms with van der Waals surface area (Å²) in [6.45, 7) is 2.14. The molecule has 0 saturated carbocycles. The van der Waals surface area contributed by atoms with Crippen molar-refractivity contribution in [1.82, 2.24) is 0 Å². The van der Waals surface area contributed by atoms with Crippen LogP contribution in [0, 0.1) is 0 Å².